The maximum Gasteiger partial charge on any atom is 0.304 e. The van der Waals surface area contributed by atoms with Gasteiger partial charge in [-0.2, -0.15) is 4.98 Å². The average Bonchev–Trinajstić information content (AvgIpc) is 2.81. The Balaban J connectivity index is 2.06. The number of hydrogen-bond acceptors (Lipinski definition) is 8. The van der Waals surface area contributed by atoms with E-state index >= 15 is 0 Å². The first kappa shape index (κ1) is 15.1. The third kappa shape index (κ3) is 3.64. The lowest BCUT2D eigenvalue weighted by atomic mass is 10.1. The highest BCUT2D eigenvalue weighted by Gasteiger charge is 2.21. The molecule has 0 radical (unpaired) electrons. The first-order chi connectivity index (χ1) is 10.0. The van der Waals surface area contributed by atoms with Crippen LogP contribution < -0.4 is 5.73 Å². The lowest BCUT2D eigenvalue weighted by Crippen LogP contribution is -2.29. The van der Waals surface area contributed by atoms with Gasteiger partial charge < -0.3 is 25.3 Å². The molecular formula is C12H17N5O4. The summed E-state index contributed by atoms with van der Waals surface area (Å²) in [6.07, 6.45) is 2.12. The molecule has 114 valence electrons. The minimum atomic E-state index is -1.35. The van der Waals surface area contributed by atoms with E-state index < -0.39 is 18.2 Å². The molecule has 4 N–H and O–H groups in total. The van der Waals surface area contributed by atoms with Gasteiger partial charge in [-0.25, -0.2) is 9.97 Å². The Morgan fingerprint density at radius 3 is 2.95 bits per heavy atom. The van der Waals surface area contributed by atoms with E-state index in [0.29, 0.717) is 24.1 Å². The van der Waals surface area contributed by atoms with Crippen LogP contribution in [0.25, 0.3) is 11.2 Å². The smallest absolute Gasteiger partial charge is 0.304 e. The van der Waals surface area contributed by atoms with Gasteiger partial charge >= 0.3 is 5.97 Å². The lowest BCUT2D eigenvalue weighted by molar-refractivity contribution is -0.177. The van der Waals surface area contributed by atoms with E-state index in [9.17, 15) is 15.0 Å². The average molecular weight is 295 g/mol. The van der Waals surface area contributed by atoms with E-state index in [1.165, 1.54) is 13.1 Å². The summed E-state index contributed by atoms with van der Waals surface area (Å²) in [5.74, 6) is -1.05. The van der Waals surface area contributed by atoms with Crippen LogP contribution in [-0.4, -0.2) is 48.6 Å². The fourth-order valence-corrected chi connectivity index (χ4v) is 1.93. The van der Waals surface area contributed by atoms with E-state index in [2.05, 4.69) is 19.7 Å². The van der Waals surface area contributed by atoms with Crippen molar-refractivity contribution >= 4 is 23.1 Å². The molecule has 9 heteroatoms. The van der Waals surface area contributed by atoms with Crippen molar-refractivity contribution in [3.8, 4) is 0 Å². The van der Waals surface area contributed by atoms with Crippen LogP contribution in [0.4, 0.5) is 5.95 Å². The minimum Gasteiger partial charge on any atom is -0.436 e. The number of aromatic nitrogens is 4. The van der Waals surface area contributed by atoms with E-state index in [4.69, 9.17) is 5.73 Å². The summed E-state index contributed by atoms with van der Waals surface area (Å²) in [6.45, 7) is 1.31. The summed E-state index contributed by atoms with van der Waals surface area (Å²) < 4.78 is 6.40. The number of aliphatic hydroxyl groups is 2. The highest BCUT2D eigenvalue weighted by atomic mass is 16.6. The molecule has 0 aliphatic heterocycles. The van der Waals surface area contributed by atoms with Crippen LogP contribution in [0.15, 0.2) is 12.5 Å². The molecule has 2 heterocycles. The molecular weight excluding hydrogens is 278 g/mol. The molecule has 0 spiro atoms. The van der Waals surface area contributed by atoms with Crippen molar-refractivity contribution in [2.24, 2.45) is 5.92 Å². The Kier molecular flexibility index (Phi) is 4.66. The SMILES string of the molecule is CC(=O)OC(O)C(CO)CCn1cnc2cnc(N)nc21. The first-order valence-electron chi connectivity index (χ1n) is 6.40. The van der Waals surface area contributed by atoms with Gasteiger partial charge in [0.05, 0.1) is 19.1 Å². The van der Waals surface area contributed by atoms with Gasteiger partial charge in [-0.05, 0) is 6.42 Å². The topological polar surface area (TPSA) is 136 Å². The van der Waals surface area contributed by atoms with Gasteiger partial charge in [-0.3, -0.25) is 4.79 Å². The minimum absolute atomic E-state index is 0.142. The Labute approximate surface area is 120 Å². The molecule has 0 aliphatic carbocycles. The quantitative estimate of drug-likeness (QED) is 0.469. The number of carbonyl (C=O) groups is 1. The molecule has 0 saturated carbocycles. The van der Waals surface area contributed by atoms with Gasteiger partial charge in [0.2, 0.25) is 12.2 Å². The maximum absolute atomic E-state index is 10.8. The highest BCUT2D eigenvalue weighted by Crippen LogP contribution is 2.15. The largest absolute Gasteiger partial charge is 0.436 e. The molecule has 0 aliphatic rings. The van der Waals surface area contributed by atoms with Gasteiger partial charge in [0, 0.05) is 19.4 Å². The number of rotatable bonds is 6. The molecule has 2 aromatic rings. The number of hydrogen-bond donors (Lipinski definition) is 3. The number of aliphatic hydroxyl groups excluding tert-OH is 2. The highest BCUT2D eigenvalue weighted by molar-refractivity contribution is 5.70. The molecule has 0 bridgehead atoms. The van der Waals surface area contributed by atoms with Crippen molar-refractivity contribution in [1.82, 2.24) is 19.5 Å². The van der Waals surface area contributed by atoms with Crippen LogP contribution in [0.1, 0.15) is 13.3 Å². The molecule has 0 aromatic carbocycles. The Bertz CT molecular complexity index is 629. The third-order valence-corrected chi connectivity index (χ3v) is 3.04. The second-order valence-corrected chi connectivity index (χ2v) is 4.61. The molecule has 9 nitrogen and oxygen atoms in total. The first-order valence-corrected chi connectivity index (χ1v) is 6.40. The van der Waals surface area contributed by atoms with Crippen LogP contribution in [0.2, 0.25) is 0 Å². The number of fused-ring (bicyclic) bond motifs is 1. The fourth-order valence-electron chi connectivity index (χ4n) is 1.93. The molecule has 0 fully saturated rings. The molecule has 2 unspecified atom stereocenters. The van der Waals surface area contributed by atoms with Crippen molar-refractivity contribution in [1.29, 1.82) is 0 Å². The summed E-state index contributed by atoms with van der Waals surface area (Å²) in [5, 5.41) is 19.0. The monoisotopic (exact) mass is 295 g/mol. The molecule has 2 atom stereocenters. The van der Waals surface area contributed by atoms with Crippen LogP contribution in [0.3, 0.4) is 0 Å². The van der Waals surface area contributed by atoms with Gasteiger partial charge in [-0.1, -0.05) is 0 Å². The van der Waals surface area contributed by atoms with Gasteiger partial charge in [0.1, 0.15) is 5.52 Å². The zero-order valence-corrected chi connectivity index (χ0v) is 11.5. The third-order valence-electron chi connectivity index (χ3n) is 3.04. The standard InChI is InChI=1S/C12H17N5O4/c1-7(19)21-11(20)8(5-18)2-3-17-6-15-9-4-14-12(13)16-10(9)17/h4,6,8,11,18,20H,2-3,5H2,1H3,(H2,13,14,16). The van der Waals surface area contributed by atoms with Crippen LogP contribution in [0, 0.1) is 5.92 Å². The van der Waals surface area contributed by atoms with Crippen molar-refractivity contribution in [3.05, 3.63) is 12.5 Å². The van der Waals surface area contributed by atoms with Gasteiger partial charge in [0.25, 0.3) is 0 Å². The number of anilines is 1. The van der Waals surface area contributed by atoms with Crippen LogP contribution in [0.5, 0.6) is 0 Å². The maximum atomic E-state index is 10.8. The summed E-state index contributed by atoms with van der Waals surface area (Å²) in [7, 11) is 0. The molecule has 0 amide bonds. The van der Waals surface area contributed by atoms with Crippen molar-refractivity contribution in [2.45, 2.75) is 26.2 Å². The fraction of sp³-hybridized carbons (Fsp3) is 0.500. The second kappa shape index (κ2) is 6.46. The number of nitrogens with zero attached hydrogens (tertiary/aromatic N) is 4. The summed E-state index contributed by atoms with van der Waals surface area (Å²) in [6, 6.07) is 0. The predicted molar refractivity (Wildman–Crippen MR) is 72.7 cm³/mol. The number of ether oxygens (including phenoxy) is 1. The Morgan fingerprint density at radius 1 is 1.52 bits per heavy atom. The van der Waals surface area contributed by atoms with E-state index in [0.717, 1.165) is 0 Å². The summed E-state index contributed by atoms with van der Waals surface area (Å²) in [5.41, 5.74) is 6.71. The predicted octanol–water partition coefficient (Wildman–Crippen LogP) is -0.711. The number of imidazole rings is 1. The van der Waals surface area contributed by atoms with Crippen LogP contribution in [-0.2, 0) is 16.1 Å². The number of nitrogens with two attached hydrogens (primary N) is 1. The molecule has 0 saturated heterocycles. The number of nitrogen functional groups attached to an aromatic ring is 1. The normalized spacial score (nSPS) is 14.0. The summed E-state index contributed by atoms with van der Waals surface area (Å²) >= 11 is 0. The van der Waals surface area contributed by atoms with Crippen molar-refractivity contribution in [2.75, 3.05) is 12.3 Å². The van der Waals surface area contributed by atoms with E-state index in [-0.39, 0.29) is 12.6 Å². The van der Waals surface area contributed by atoms with Gasteiger partial charge in [0.15, 0.2) is 5.65 Å². The number of esters is 1. The summed E-state index contributed by atoms with van der Waals surface area (Å²) in [4.78, 5) is 22.9. The Hall–Kier alpha value is -2.26. The molecule has 2 rings (SSSR count). The molecule has 2 aromatic heterocycles. The van der Waals surface area contributed by atoms with Gasteiger partial charge in [-0.15, -0.1) is 0 Å². The lowest BCUT2D eigenvalue weighted by Gasteiger charge is -2.20. The van der Waals surface area contributed by atoms with Crippen LogP contribution >= 0.6 is 0 Å². The second-order valence-electron chi connectivity index (χ2n) is 4.61. The zero-order valence-electron chi connectivity index (χ0n) is 11.5. The van der Waals surface area contributed by atoms with Crippen molar-refractivity contribution in [3.63, 3.8) is 0 Å². The van der Waals surface area contributed by atoms with E-state index in [1.807, 2.05) is 0 Å². The molecule has 21 heavy (non-hydrogen) atoms. The van der Waals surface area contributed by atoms with Crippen molar-refractivity contribution < 1.29 is 19.7 Å². The van der Waals surface area contributed by atoms with E-state index in [1.54, 1.807) is 10.9 Å². The zero-order chi connectivity index (χ0) is 15.4. The number of aryl methyl sites for hydroxylation is 1. The Morgan fingerprint density at radius 2 is 2.29 bits per heavy atom. The number of carbonyl (C=O) groups excluding carboxylic acids is 1.